The molecule has 100 valence electrons. The zero-order valence-electron chi connectivity index (χ0n) is 9.17. The van der Waals surface area contributed by atoms with E-state index in [0.29, 0.717) is 12.1 Å². The van der Waals surface area contributed by atoms with Crippen LogP contribution in [0.3, 0.4) is 0 Å². The van der Waals surface area contributed by atoms with Crippen molar-refractivity contribution in [3.63, 3.8) is 0 Å². The third kappa shape index (κ3) is 3.43. The van der Waals surface area contributed by atoms with E-state index in [1.54, 1.807) is 0 Å². The zero-order chi connectivity index (χ0) is 13.9. The second-order valence-corrected chi connectivity index (χ2v) is 3.77. The van der Waals surface area contributed by atoms with Gasteiger partial charge >= 0.3 is 12.1 Å². The second-order valence-electron chi connectivity index (χ2n) is 3.77. The highest BCUT2D eigenvalue weighted by Crippen LogP contribution is 2.33. The van der Waals surface area contributed by atoms with Gasteiger partial charge in [-0.1, -0.05) is 6.07 Å². The fourth-order valence-corrected chi connectivity index (χ4v) is 1.56. The Kier molecular flexibility index (Phi) is 4.28. The van der Waals surface area contributed by atoms with Gasteiger partial charge in [0.1, 0.15) is 5.82 Å². The normalized spacial score (nSPS) is 13.4. The van der Waals surface area contributed by atoms with E-state index in [-0.39, 0.29) is 12.1 Å². The third-order valence-electron chi connectivity index (χ3n) is 2.47. The molecule has 0 bridgehead atoms. The summed E-state index contributed by atoms with van der Waals surface area (Å²) in [5, 5.41) is 8.61. The molecule has 3 N–H and O–H groups in total. The van der Waals surface area contributed by atoms with Gasteiger partial charge < -0.3 is 10.8 Å². The SMILES string of the molecule is NCC(CC(=O)O)c1ccc(F)c(C(F)(F)F)c1. The lowest BCUT2D eigenvalue weighted by Gasteiger charge is -2.15. The van der Waals surface area contributed by atoms with Crippen LogP contribution in [-0.2, 0) is 11.0 Å². The highest BCUT2D eigenvalue weighted by atomic mass is 19.4. The van der Waals surface area contributed by atoms with Gasteiger partial charge in [0.15, 0.2) is 0 Å². The van der Waals surface area contributed by atoms with Crippen molar-refractivity contribution in [3.05, 3.63) is 35.1 Å². The number of carboxylic acids is 1. The molecule has 3 nitrogen and oxygen atoms in total. The van der Waals surface area contributed by atoms with Gasteiger partial charge in [-0.15, -0.1) is 0 Å². The first-order valence-corrected chi connectivity index (χ1v) is 5.04. The molecule has 1 rings (SSSR count). The maximum Gasteiger partial charge on any atom is 0.419 e. The van der Waals surface area contributed by atoms with Crippen LogP contribution in [0.1, 0.15) is 23.5 Å². The number of benzene rings is 1. The van der Waals surface area contributed by atoms with E-state index < -0.39 is 35.9 Å². The summed E-state index contributed by atoms with van der Waals surface area (Å²) < 4.78 is 50.4. The van der Waals surface area contributed by atoms with Crippen LogP contribution in [0.5, 0.6) is 0 Å². The quantitative estimate of drug-likeness (QED) is 0.821. The summed E-state index contributed by atoms with van der Waals surface area (Å²) in [6.07, 6.45) is -5.22. The smallest absolute Gasteiger partial charge is 0.419 e. The molecule has 0 aliphatic heterocycles. The molecular weight excluding hydrogens is 254 g/mol. The summed E-state index contributed by atoms with van der Waals surface area (Å²) in [5.41, 5.74) is 3.96. The number of carbonyl (C=O) groups is 1. The molecule has 0 aliphatic carbocycles. The van der Waals surface area contributed by atoms with Gasteiger partial charge in [0.2, 0.25) is 0 Å². The van der Waals surface area contributed by atoms with Crippen molar-refractivity contribution in [2.24, 2.45) is 5.73 Å². The fourth-order valence-electron chi connectivity index (χ4n) is 1.56. The molecule has 1 atom stereocenters. The molecule has 0 aromatic heterocycles. The van der Waals surface area contributed by atoms with E-state index in [1.165, 1.54) is 0 Å². The first kappa shape index (κ1) is 14.4. The Morgan fingerprint density at radius 3 is 2.44 bits per heavy atom. The van der Waals surface area contributed by atoms with Crippen molar-refractivity contribution in [2.75, 3.05) is 6.54 Å². The average molecular weight is 265 g/mol. The molecule has 1 unspecified atom stereocenters. The maximum absolute atomic E-state index is 13.0. The number of nitrogens with two attached hydrogens (primary N) is 1. The van der Waals surface area contributed by atoms with Crippen molar-refractivity contribution < 1.29 is 27.5 Å². The highest BCUT2D eigenvalue weighted by molar-refractivity contribution is 5.68. The van der Waals surface area contributed by atoms with Crippen molar-refractivity contribution in [3.8, 4) is 0 Å². The van der Waals surface area contributed by atoms with Crippen molar-refractivity contribution in [1.82, 2.24) is 0 Å². The molecule has 0 fully saturated rings. The van der Waals surface area contributed by atoms with Crippen LogP contribution in [0.15, 0.2) is 18.2 Å². The molecule has 1 aromatic rings. The van der Waals surface area contributed by atoms with E-state index >= 15 is 0 Å². The first-order valence-electron chi connectivity index (χ1n) is 5.04. The molecule has 7 heteroatoms. The first-order chi connectivity index (χ1) is 8.25. The number of carboxylic acid groups (broad SMARTS) is 1. The van der Waals surface area contributed by atoms with Gasteiger partial charge in [0, 0.05) is 5.92 Å². The molecule has 0 saturated heterocycles. The van der Waals surface area contributed by atoms with Crippen molar-refractivity contribution in [1.29, 1.82) is 0 Å². The minimum atomic E-state index is -4.82. The van der Waals surface area contributed by atoms with E-state index in [9.17, 15) is 22.4 Å². The highest BCUT2D eigenvalue weighted by Gasteiger charge is 2.34. The van der Waals surface area contributed by atoms with Crippen LogP contribution in [0.4, 0.5) is 17.6 Å². The lowest BCUT2D eigenvalue weighted by molar-refractivity contribution is -0.140. The van der Waals surface area contributed by atoms with Crippen LogP contribution < -0.4 is 5.73 Å². The largest absolute Gasteiger partial charge is 0.481 e. The molecule has 0 saturated carbocycles. The molecule has 0 spiro atoms. The predicted octanol–water partition coefficient (Wildman–Crippen LogP) is 2.36. The standard InChI is InChI=1S/C11H11F4NO2/c12-9-2-1-6(3-8(9)11(13,14)15)7(5-16)4-10(17)18/h1-3,7H,4-5,16H2,(H,17,18). The Morgan fingerprint density at radius 1 is 1.39 bits per heavy atom. The molecule has 0 aliphatic rings. The number of rotatable bonds is 4. The summed E-state index contributed by atoms with van der Waals surface area (Å²) in [6, 6.07) is 2.39. The van der Waals surface area contributed by atoms with Gasteiger partial charge in [-0.3, -0.25) is 4.79 Å². The molecule has 1 aromatic carbocycles. The summed E-state index contributed by atoms with van der Waals surface area (Å²) >= 11 is 0. The lowest BCUT2D eigenvalue weighted by atomic mass is 9.94. The zero-order valence-corrected chi connectivity index (χ0v) is 9.17. The van der Waals surface area contributed by atoms with E-state index in [4.69, 9.17) is 10.8 Å². The molecule has 18 heavy (non-hydrogen) atoms. The molecule has 0 amide bonds. The summed E-state index contributed by atoms with van der Waals surface area (Å²) in [6.45, 7) is -0.130. The summed E-state index contributed by atoms with van der Waals surface area (Å²) in [5.74, 6) is -3.34. The Morgan fingerprint density at radius 2 is 2.00 bits per heavy atom. The Labute approximate surface area is 100 Å². The Balaban J connectivity index is 3.14. The second kappa shape index (κ2) is 5.34. The minimum absolute atomic E-state index is 0.0635. The lowest BCUT2D eigenvalue weighted by Crippen LogP contribution is -2.17. The maximum atomic E-state index is 13.0. The van der Waals surface area contributed by atoms with E-state index in [2.05, 4.69) is 0 Å². The third-order valence-corrected chi connectivity index (χ3v) is 2.47. The van der Waals surface area contributed by atoms with E-state index in [1.807, 2.05) is 0 Å². The van der Waals surface area contributed by atoms with Crippen molar-refractivity contribution >= 4 is 5.97 Å². The Hall–Kier alpha value is -1.63. The van der Waals surface area contributed by atoms with E-state index in [0.717, 1.165) is 6.07 Å². The van der Waals surface area contributed by atoms with Crippen LogP contribution in [-0.4, -0.2) is 17.6 Å². The molecule has 0 heterocycles. The fraction of sp³-hybridized carbons (Fsp3) is 0.364. The van der Waals surface area contributed by atoms with Gasteiger partial charge in [-0.25, -0.2) is 4.39 Å². The van der Waals surface area contributed by atoms with Crippen LogP contribution in [0.25, 0.3) is 0 Å². The summed E-state index contributed by atoms with van der Waals surface area (Å²) in [7, 11) is 0. The Bertz CT molecular complexity index is 445. The van der Waals surface area contributed by atoms with Gasteiger partial charge in [0.05, 0.1) is 12.0 Å². The predicted molar refractivity (Wildman–Crippen MR) is 55.5 cm³/mol. The molecule has 0 radical (unpaired) electrons. The van der Waals surface area contributed by atoms with Crippen LogP contribution in [0.2, 0.25) is 0 Å². The number of alkyl halides is 3. The number of hydrogen-bond donors (Lipinski definition) is 2. The van der Waals surface area contributed by atoms with Crippen molar-refractivity contribution in [2.45, 2.75) is 18.5 Å². The number of halogens is 4. The summed E-state index contributed by atoms with van der Waals surface area (Å²) in [4.78, 5) is 10.5. The van der Waals surface area contributed by atoms with Crippen LogP contribution >= 0.6 is 0 Å². The number of hydrogen-bond acceptors (Lipinski definition) is 2. The topological polar surface area (TPSA) is 63.3 Å². The monoisotopic (exact) mass is 265 g/mol. The molecular formula is C11H11F4NO2. The van der Waals surface area contributed by atoms with Crippen LogP contribution in [0, 0.1) is 5.82 Å². The number of aliphatic carboxylic acids is 1. The minimum Gasteiger partial charge on any atom is -0.481 e. The van der Waals surface area contributed by atoms with Gasteiger partial charge in [-0.2, -0.15) is 13.2 Å². The van der Waals surface area contributed by atoms with Gasteiger partial charge in [-0.05, 0) is 24.2 Å². The van der Waals surface area contributed by atoms with Gasteiger partial charge in [0.25, 0.3) is 0 Å². The average Bonchev–Trinajstić information content (AvgIpc) is 2.25.